The lowest BCUT2D eigenvalue weighted by atomic mass is 9.52. The summed E-state index contributed by atoms with van der Waals surface area (Å²) in [6, 6.07) is 74.2. The number of rotatable bonds is 6. The van der Waals surface area contributed by atoms with Crippen LogP contribution in [-0.4, -0.2) is 0 Å². The molecule has 0 aromatic heterocycles. The van der Waals surface area contributed by atoms with Crippen LogP contribution in [0.2, 0.25) is 0 Å². The fourth-order valence-corrected chi connectivity index (χ4v) is 12.5. The SMILES string of the molecule is Cc1ccc(C2(c3ccc(C)cc3)c3cccc4c3N3c5c2cc(C)cc5C(c2ccc(C)cc2)(c2ccc(C)cc2)c2cc(C)cc(c23)C4(c2ccc(C)cc2)c2ccc(C)cc2)cc1. The van der Waals surface area contributed by atoms with Crippen LogP contribution >= 0.6 is 0 Å². The number of benzene rings is 9. The molecular formula is C65H55N. The van der Waals surface area contributed by atoms with Crippen LogP contribution in [0, 0.1) is 55.4 Å². The molecular weight excluding hydrogens is 795 g/mol. The van der Waals surface area contributed by atoms with Gasteiger partial charge in [-0.2, -0.15) is 0 Å². The van der Waals surface area contributed by atoms with Gasteiger partial charge in [-0.1, -0.05) is 233 Å². The second-order valence-corrected chi connectivity index (χ2v) is 19.9. The molecule has 1 nitrogen and oxygen atoms in total. The highest BCUT2D eigenvalue weighted by atomic mass is 15.2. The summed E-state index contributed by atoms with van der Waals surface area (Å²) in [4.78, 5) is 2.75. The van der Waals surface area contributed by atoms with E-state index in [0.29, 0.717) is 0 Å². The number of aryl methyl sites for hydroxylation is 8. The Labute approximate surface area is 391 Å². The standard InChI is InChI=1S/C65H55N/c1-40-12-24-48(25-13-40)63(49-26-14-41(2)15-27-49)54-10-9-11-55-60(54)66-61-56(63)36-46(7)38-58(61)65(52-32-20-44(5)21-33-52,53-34-22-45(6)23-35-53)59-39-47(8)37-57(62(59)66)64(55,50-28-16-42(3)17-29-50)51-30-18-43(4)19-31-51/h9-39H,1-8H3. The Balaban J connectivity index is 1.40. The van der Waals surface area contributed by atoms with Crippen LogP contribution in [0.1, 0.15) is 111 Å². The van der Waals surface area contributed by atoms with Gasteiger partial charge >= 0.3 is 0 Å². The summed E-state index contributed by atoms with van der Waals surface area (Å²) in [6.07, 6.45) is 0. The number of hydrogen-bond acceptors (Lipinski definition) is 1. The van der Waals surface area contributed by atoms with Gasteiger partial charge in [-0.3, -0.25) is 0 Å². The smallest absolute Gasteiger partial charge is 0.0742 e. The van der Waals surface area contributed by atoms with E-state index in [0.717, 1.165) is 0 Å². The van der Waals surface area contributed by atoms with Gasteiger partial charge in [0.25, 0.3) is 0 Å². The summed E-state index contributed by atoms with van der Waals surface area (Å²) in [5.74, 6) is 0. The van der Waals surface area contributed by atoms with Gasteiger partial charge in [0, 0.05) is 0 Å². The summed E-state index contributed by atoms with van der Waals surface area (Å²) >= 11 is 0. The number of hydrogen-bond donors (Lipinski definition) is 0. The predicted molar refractivity (Wildman–Crippen MR) is 275 cm³/mol. The molecule has 0 amide bonds. The Bertz CT molecular complexity index is 3070. The van der Waals surface area contributed by atoms with Crippen LogP contribution in [0.4, 0.5) is 17.1 Å². The summed E-state index contributed by atoms with van der Waals surface area (Å²) in [6.45, 7) is 17.9. The number of anilines is 3. The average molecular weight is 850 g/mol. The Morgan fingerprint density at radius 3 is 0.652 bits per heavy atom. The first kappa shape index (κ1) is 40.3. The molecule has 12 rings (SSSR count). The molecule has 3 aliphatic heterocycles. The van der Waals surface area contributed by atoms with E-state index < -0.39 is 16.2 Å². The van der Waals surface area contributed by atoms with Gasteiger partial charge in [-0.15, -0.1) is 0 Å². The van der Waals surface area contributed by atoms with Gasteiger partial charge in [-0.05, 0) is 122 Å². The van der Waals surface area contributed by atoms with Crippen LogP contribution in [0.3, 0.4) is 0 Å². The van der Waals surface area contributed by atoms with Crippen LogP contribution in [-0.2, 0) is 16.2 Å². The van der Waals surface area contributed by atoms with Crippen LogP contribution in [0.25, 0.3) is 0 Å². The van der Waals surface area contributed by atoms with Crippen LogP contribution in [0.15, 0.2) is 188 Å². The van der Waals surface area contributed by atoms with Crippen molar-refractivity contribution in [2.75, 3.05) is 4.90 Å². The van der Waals surface area contributed by atoms with Gasteiger partial charge < -0.3 is 4.90 Å². The molecule has 320 valence electrons. The average Bonchev–Trinajstić information content (AvgIpc) is 3.31. The Kier molecular flexibility index (Phi) is 8.79. The molecule has 0 N–H and O–H groups in total. The van der Waals surface area contributed by atoms with Crippen molar-refractivity contribution in [2.24, 2.45) is 0 Å². The maximum absolute atomic E-state index is 2.75. The first-order valence-electron chi connectivity index (χ1n) is 23.7. The lowest BCUT2D eigenvalue weighted by Crippen LogP contribution is -2.49. The van der Waals surface area contributed by atoms with Crippen molar-refractivity contribution in [1.82, 2.24) is 0 Å². The second kappa shape index (κ2) is 14.4. The van der Waals surface area contributed by atoms with E-state index in [9.17, 15) is 0 Å². The van der Waals surface area contributed by atoms with E-state index in [1.54, 1.807) is 0 Å². The Hall–Kier alpha value is -7.22. The minimum absolute atomic E-state index is 0.683. The molecule has 3 aliphatic rings. The molecule has 0 unspecified atom stereocenters. The minimum atomic E-state index is -0.688. The molecule has 0 saturated carbocycles. The third-order valence-corrected chi connectivity index (χ3v) is 15.5. The van der Waals surface area contributed by atoms with Crippen LogP contribution < -0.4 is 4.90 Å². The van der Waals surface area contributed by atoms with Crippen molar-refractivity contribution < 1.29 is 0 Å². The van der Waals surface area contributed by atoms with Crippen molar-refractivity contribution in [3.8, 4) is 0 Å². The van der Waals surface area contributed by atoms with Gasteiger partial charge in [0.05, 0.1) is 33.3 Å². The van der Waals surface area contributed by atoms with Crippen molar-refractivity contribution in [2.45, 2.75) is 71.6 Å². The van der Waals surface area contributed by atoms with Crippen molar-refractivity contribution in [3.05, 3.63) is 299 Å². The largest absolute Gasteiger partial charge is 0.308 e. The van der Waals surface area contributed by atoms with Crippen molar-refractivity contribution in [3.63, 3.8) is 0 Å². The quantitative estimate of drug-likeness (QED) is 0.161. The fourth-order valence-electron chi connectivity index (χ4n) is 12.5. The maximum Gasteiger partial charge on any atom is 0.0742 e. The molecule has 0 saturated heterocycles. The Morgan fingerprint density at radius 2 is 0.424 bits per heavy atom. The zero-order valence-corrected chi connectivity index (χ0v) is 39.3. The van der Waals surface area contributed by atoms with Gasteiger partial charge in [0.15, 0.2) is 0 Å². The molecule has 66 heavy (non-hydrogen) atoms. The zero-order valence-electron chi connectivity index (χ0n) is 39.3. The molecule has 3 heterocycles. The first-order chi connectivity index (χ1) is 32.0. The normalized spacial score (nSPS) is 15.3. The highest BCUT2D eigenvalue weighted by Crippen LogP contribution is 2.71. The second-order valence-electron chi connectivity index (χ2n) is 19.9. The molecule has 0 spiro atoms. The number of para-hydroxylation sites is 1. The van der Waals surface area contributed by atoms with E-state index >= 15 is 0 Å². The molecule has 0 bridgehead atoms. The van der Waals surface area contributed by atoms with Crippen molar-refractivity contribution in [1.29, 1.82) is 0 Å². The fraction of sp³-hybridized carbons (Fsp3) is 0.169. The van der Waals surface area contributed by atoms with E-state index in [-0.39, 0.29) is 0 Å². The summed E-state index contributed by atoms with van der Waals surface area (Å²) in [5.41, 5.74) is 27.3. The summed E-state index contributed by atoms with van der Waals surface area (Å²) in [5, 5.41) is 0. The molecule has 0 aliphatic carbocycles. The van der Waals surface area contributed by atoms with Gasteiger partial charge in [-0.25, -0.2) is 0 Å². The monoisotopic (exact) mass is 849 g/mol. The zero-order chi connectivity index (χ0) is 45.3. The molecule has 1 heteroatoms. The minimum Gasteiger partial charge on any atom is -0.308 e. The summed E-state index contributed by atoms with van der Waals surface area (Å²) in [7, 11) is 0. The predicted octanol–water partition coefficient (Wildman–Crippen LogP) is 15.7. The maximum atomic E-state index is 2.75. The number of nitrogens with zero attached hydrogens (tertiary/aromatic N) is 1. The van der Waals surface area contributed by atoms with E-state index in [2.05, 4.69) is 248 Å². The first-order valence-corrected chi connectivity index (χ1v) is 23.7. The van der Waals surface area contributed by atoms with Gasteiger partial charge in [0.1, 0.15) is 0 Å². The van der Waals surface area contributed by atoms with E-state index in [1.807, 2.05) is 0 Å². The third-order valence-electron chi connectivity index (χ3n) is 15.5. The highest BCUT2D eigenvalue weighted by Gasteiger charge is 2.60. The topological polar surface area (TPSA) is 3.24 Å². The van der Waals surface area contributed by atoms with Crippen LogP contribution in [0.5, 0.6) is 0 Å². The lowest BCUT2D eigenvalue weighted by Gasteiger charge is -2.58. The summed E-state index contributed by atoms with van der Waals surface area (Å²) < 4.78 is 0. The third kappa shape index (κ3) is 5.29. The molecule has 0 atom stereocenters. The molecule has 9 aromatic carbocycles. The molecule has 0 radical (unpaired) electrons. The highest BCUT2D eigenvalue weighted by molar-refractivity contribution is 6.03. The van der Waals surface area contributed by atoms with Crippen molar-refractivity contribution >= 4 is 17.1 Å². The Morgan fingerprint density at radius 1 is 0.227 bits per heavy atom. The van der Waals surface area contributed by atoms with E-state index in [1.165, 1.54) is 128 Å². The lowest BCUT2D eigenvalue weighted by molar-refractivity contribution is 0.652. The molecule has 9 aromatic rings. The molecule has 0 fully saturated rings. The van der Waals surface area contributed by atoms with Gasteiger partial charge in [0.2, 0.25) is 0 Å². The van der Waals surface area contributed by atoms with E-state index in [4.69, 9.17) is 0 Å².